The third kappa shape index (κ3) is 7.22. The highest BCUT2D eigenvalue weighted by atomic mass is 16.5. The number of amides is 2. The number of likely N-dealkylation sites (N-methyl/N-ethyl adjacent to an activating group) is 1. The minimum atomic E-state index is -1.07. The van der Waals surface area contributed by atoms with E-state index in [0.717, 1.165) is 34.0 Å². The molecule has 8 heteroatoms. The van der Waals surface area contributed by atoms with Gasteiger partial charge in [0.15, 0.2) is 0 Å². The number of benzene rings is 3. The van der Waals surface area contributed by atoms with Crippen molar-refractivity contribution < 1.29 is 19.4 Å². The zero-order valence-corrected chi connectivity index (χ0v) is 23.9. The van der Waals surface area contributed by atoms with Gasteiger partial charge in [0.25, 0.3) is 0 Å². The monoisotopic (exact) mass is 552 g/mol. The van der Waals surface area contributed by atoms with Crippen LogP contribution in [-0.2, 0) is 4.79 Å². The number of carboxylic acid groups (broad SMARTS) is 1. The van der Waals surface area contributed by atoms with Gasteiger partial charge in [0.1, 0.15) is 12.4 Å². The lowest BCUT2D eigenvalue weighted by Crippen LogP contribution is -2.33. The van der Waals surface area contributed by atoms with Gasteiger partial charge in [-0.3, -0.25) is 9.89 Å². The highest BCUT2D eigenvalue weighted by Crippen LogP contribution is 2.37. The molecule has 0 aliphatic rings. The normalized spacial score (nSPS) is 11.9. The number of carbonyl (C=O) groups is 2. The fraction of sp³-hybridized carbons (Fsp3) is 0.242. The van der Waals surface area contributed by atoms with Gasteiger partial charge in [-0.1, -0.05) is 55.5 Å². The van der Waals surface area contributed by atoms with Crippen LogP contribution in [0.25, 0.3) is 22.0 Å². The molecule has 0 radical (unpaired) electrons. The number of hydrogen-bond donors (Lipinski definition) is 2. The average Bonchev–Trinajstić information content (AvgIpc) is 3.44. The van der Waals surface area contributed by atoms with E-state index >= 15 is 0 Å². The number of aryl methyl sites for hydroxylation is 1. The average molecular weight is 553 g/mol. The van der Waals surface area contributed by atoms with Gasteiger partial charge in [0.05, 0.1) is 18.3 Å². The van der Waals surface area contributed by atoms with E-state index in [1.165, 1.54) is 32.6 Å². The van der Waals surface area contributed by atoms with E-state index in [0.29, 0.717) is 5.75 Å². The number of rotatable bonds is 11. The predicted molar refractivity (Wildman–Crippen MR) is 163 cm³/mol. The SMILES string of the molecule is CC/C(=C(/c1ccc(OCCN(C/C=C/C(=O)N(C)C)C(=O)O)cc1)c1ccc2[nH]ncc2c1)c1ccccc1C. The van der Waals surface area contributed by atoms with Crippen molar-refractivity contribution in [3.63, 3.8) is 0 Å². The summed E-state index contributed by atoms with van der Waals surface area (Å²) in [4.78, 5) is 26.0. The molecule has 3 aromatic carbocycles. The van der Waals surface area contributed by atoms with E-state index in [1.54, 1.807) is 20.2 Å². The zero-order chi connectivity index (χ0) is 29.4. The van der Waals surface area contributed by atoms with Crippen LogP contribution in [0.3, 0.4) is 0 Å². The minimum Gasteiger partial charge on any atom is -0.492 e. The number of H-pyrrole nitrogens is 1. The van der Waals surface area contributed by atoms with Gasteiger partial charge < -0.3 is 19.6 Å². The molecule has 0 atom stereocenters. The Morgan fingerprint density at radius 2 is 1.76 bits per heavy atom. The molecule has 0 spiro atoms. The van der Waals surface area contributed by atoms with Gasteiger partial charge in [-0.2, -0.15) is 5.10 Å². The summed E-state index contributed by atoms with van der Waals surface area (Å²) >= 11 is 0. The topological polar surface area (TPSA) is 98.8 Å². The Morgan fingerprint density at radius 1 is 1.02 bits per heavy atom. The third-order valence-corrected chi connectivity index (χ3v) is 6.92. The van der Waals surface area contributed by atoms with Crippen molar-refractivity contribution in [2.75, 3.05) is 33.8 Å². The van der Waals surface area contributed by atoms with Crippen LogP contribution in [0, 0.1) is 6.92 Å². The first-order valence-corrected chi connectivity index (χ1v) is 13.6. The van der Waals surface area contributed by atoms with Crippen molar-refractivity contribution in [2.45, 2.75) is 20.3 Å². The highest BCUT2D eigenvalue weighted by Gasteiger charge is 2.16. The molecule has 0 bridgehead atoms. The minimum absolute atomic E-state index is 0.102. The number of aromatic amines is 1. The molecule has 2 N–H and O–H groups in total. The summed E-state index contributed by atoms with van der Waals surface area (Å²) in [6.07, 6.45) is 4.52. The lowest BCUT2D eigenvalue weighted by Gasteiger charge is -2.19. The second-order valence-corrected chi connectivity index (χ2v) is 9.93. The summed E-state index contributed by atoms with van der Waals surface area (Å²) in [5.41, 5.74) is 7.97. The Morgan fingerprint density at radius 3 is 2.44 bits per heavy atom. The number of aromatic nitrogens is 2. The number of nitrogens with zero attached hydrogens (tertiary/aromatic N) is 3. The van der Waals surface area contributed by atoms with E-state index in [9.17, 15) is 14.7 Å². The second-order valence-electron chi connectivity index (χ2n) is 9.93. The molecule has 0 unspecified atom stereocenters. The van der Waals surface area contributed by atoms with Crippen molar-refractivity contribution in [1.82, 2.24) is 20.0 Å². The largest absolute Gasteiger partial charge is 0.492 e. The number of carbonyl (C=O) groups excluding carboxylic acids is 1. The molecule has 1 heterocycles. The Hall–Kier alpha value is -4.85. The first-order chi connectivity index (χ1) is 19.8. The lowest BCUT2D eigenvalue weighted by molar-refractivity contribution is -0.123. The molecule has 1 aromatic heterocycles. The molecule has 4 aromatic rings. The molecule has 0 aliphatic carbocycles. The second kappa shape index (κ2) is 13.5. The van der Waals surface area contributed by atoms with Crippen molar-refractivity contribution >= 4 is 34.0 Å². The van der Waals surface area contributed by atoms with E-state index in [1.807, 2.05) is 30.5 Å². The summed E-state index contributed by atoms with van der Waals surface area (Å²) in [7, 11) is 3.28. The van der Waals surface area contributed by atoms with E-state index in [4.69, 9.17) is 4.74 Å². The molecular formula is C33H36N4O4. The van der Waals surface area contributed by atoms with E-state index in [2.05, 4.69) is 66.5 Å². The van der Waals surface area contributed by atoms with Crippen LogP contribution in [0.2, 0.25) is 0 Å². The van der Waals surface area contributed by atoms with Crippen LogP contribution in [0.5, 0.6) is 5.75 Å². The fourth-order valence-electron chi connectivity index (χ4n) is 4.71. The lowest BCUT2D eigenvalue weighted by atomic mass is 9.86. The quantitative estimate of drug-likeness (QED) is 0.169. The molecule has 8 nitrogen and oxygen atoms in total. The standard InChI is InChI=1S/C33H36N4O4/c1-5-28(29-10-7-6-9-23(29)2)32(25-14-17-30-26(21-25)22-34-35-30)24-12-15-27(16-13-24)41-20-19-37(33(39)40)18-8-11-31(38)36(3)4/h6-17,21-22H,5,18-20H2,1-4H3,(H,34,35)(H,39,40)/b11-8+,32-28+. The van der Waals surface area contributed by atoms with Crippen LogP contribution in [0.1, 0.15) is 35.6 Å². The number of hydrogen-bond acceptors (Lipinski definition) is 4. The van der Waals surface area contributed by atoms with Crippen LogP contribution in [-0.4, -0.2) is 70.9 Å². The molecule has 0 aliphatic heterocycles. The smallest absolute Gasteiger partial charge is 0.407 e. The molecule has 0 saturated carbocycles. The van der Waals surface area contributed by atoms with Crippen LogP contribution < -0.4 is 4.74 Å². The molecule has 0 fully saturated rings. The van der Waals surface area contributed by atoms with Crippen molar-refractivity contribution in [3.05, 3.63) is 107 Å². The maximum Gasteiger partial charge on any atom is 0.407 e. The summed E-state index contributed by atoms with van der Waals surface area (Å²) in [5, 5.41) is 17.8. The number of allylic oxidation sites excluding steroid dienone is 1. The summed E-state index contributed by atoms with van der Waals surface area (Å²) < 4.78 is 5.90. The van der Waals surface area contributed by atoms with Crippen molar-refractivity contribution in [3.8, 4) is 5.75 Å². The fourth-order valence-corrected chi connectivity index (χ4v) is 4.71. The maximum atomic E-state index is 11.7. The van der Waals surface area contributed by atoms with Crippen LogP contribution in [0.4, 0.5) is 4.79 Å². The van der Waals surface area contributed by atoms with Gasteiger partial charge in [0.2, 0.25) is 5.91 Å². The summed E-state index contributed by atoms with van der Waals surface area (Å²) in [6, 6.07) is 22.7. The maximum absolute atomic E-state index is 11.7. The Kier molecular flexibility index (Phi) is 9.58. The van der Waals surface area contributed by atoms with Crippen molar-refractivity contribution in [2.24, 2.45) is 0 Å². The van der Waals surface area contributed by atoms with E-state index < -0.39 is 6.09 Å². The Bertz CT molecular complexity index is 1570. The Labute approximate surface area is 240 Å². The van der Waals surface area contributed by atoms with Crippen LogP contribution in [0.15, 0.2) is 85.1 Å². The first-order valence-electron chi connectivity index (χ1n) is 13.6. The first kappa shape index (κ1) is 29.1. The number of nitrogens with one attached hydrogen (secondary N) is 1. The molecule has 4 rings (SSSR count). The van der Waals surface area contributed by atoms with Crippen molar-refractivity contribution in [1.29, 1.82) is 0 Å². The Balaban J connectivity index is 1.56. The number of ether oxygens (including phenoxy) is 1. The highest BCUT2D eigenvalue weighted by molar-refractivity contribution is 6.00. The van der Waals surface area contributed by atoms with E-state index in [-0.39, 0.29) is 25.6 Å². The van der Waals surface area contributed by atoms with Crippen LogP contribution >= 0.6 is 0 Å². The zero-order valence-electron chi connectivity index (χ0n) is 23.9. The number of fused-ring (bicyclic) bond motifs is 1. The third-order valence-electron chi connectivity index (χ3n) is 6.92. The summed E-state index contributed by atoms with van der Waals surface area (Å²) in [5.74, 6) is 0.453. The molecule has 212 valence electrons. The van der Waals surface area contributed by atoms with Gasteiger partial charge in [0, 0.05) is 32.1 Å². The predicted octanol–water partition coefficient (Wildman–Crippen LogP) is 6.24. The molecule has 2 amide bonds. The molecule has 0 saturated heterocycles. The van der Waals surface area contributed by atoms with Gasteiger partial charge in [-0.25, -0.2) is 4.79 Å². The van der Waals surface area contributed by atoms with Gasteiger partial charge >= 0.3 is 6.09 Å². The summed E-state index contributed by atoms with van der Waals surface area (Å²) in [6.45, 7) is 4.76. The van der Waals surface area contributed by atoms with Gasteiger partial charge in [-0.05, 0) is 71.0 Å². The van der Waals surface area contributed by atoms with Gasteiger partial charge in [-0.15, -0.1) is 0 Å². The molecule has 41 heavy (non-hydrogen) atoms. The molecular weight excluding hydrogens is 516 g/mol.